The van der Waals surface area contributed by atoms with Crippen molar-refractivity contribution in [3.8, 4) is 0 Å². The van der Waals surface area contributed by atoms with Gasteiger partial charge in [-0.15, -0.1) is 0 Å². The van der Waals surface area contributed by atoms with Gasteiger partial charge in [-0.2, -0.15) is 0 Å². The first kappa shape index (κ1) is 34.6. The first-order valence-corrected chi connectivity index (χ1v) is 15.4. The highest BCUT2D eigenvalue weighted by Crippen LogP contribution is 2.31. The molecule has 0 fully saturated rings. The highest BCUT2D eigenvalue weighted by Gasteiger charge is 2.42. The van der Waals surface area contributed by atoms with Crippen molar-refractivity contribution in [3.63, 3.8) is 0 Å². The van der Waals surface area contributed by atoms with Crippen molar-refractivity contribution >= 4 is 49.6 Å². The summed E-state index contributed by atoms with van der Waals surface area (Å²) in [5.74, 6) is -2.25. The highest BCUT2D eigenvalue weighted by molar-refractivity contribution is 9.11. The standard InChI is InChI=1S/C30H35Br2N3O8/c31-14-6-16-42-27(29(40)33-24-21-11-5-4-10-20(21)18-22(24)36)25(38)26(39)28(43-17-7-15-32)30(41)35-34-23(37)13-12-19-8-2-1-3-9-19/h1-11,14-15,22,24-28,36,38-39H,12-13,16-18H2,(H,33,40)(H,34,37)(H,35,41)/b14-6+,15-7+/t22-,24+,25-,26-,27-,28-/m1/s1. The summed E-state index contributed by atoms with van der Waals surface area (Å²) in [7, 11) is 0. The second-order valence-electron chi connectivity index (χ2n) is 9.69. The molecule has 0 bridgehead atoms. The Hall–Kier alpha value is -2.91. The molecular formula is C30H35Br2N3O8. The van der Waals surface area contributed by atoms with Crippen LogP contribution in [0, 0.1) is 0 Å². The molecule has 0 saturated carbocycles. The molecule has 6 N–H and O–H groups in total. The zero-order chi connectivity index (χ0) is 31.2. The van der Waals surface area contributed by atoms with E-state index in [0.717, 1.165) is 16.7 Å². The SMILES string of the molecule is O=C(CCc1ccccc1)NNC(=O)[C@H](OC/C=C/Br)[C@H](O)[C@@H](O)[C@@H](OC/C=C/Br)C(=O)N[C@H]1c2ccccc2C[C@H]1O. The quantitative estimate of drug-likeness (QED) is 0.152. The number of benzene rings is 2. The van der Waals surface area contributed by atoms with Crippen LogP contribution in [0.25, 0.3) is 0 Å². The van der Waals surface area contributed by atoms with Gasteiger partial charge in [-0.05, 0) is 33.1 Å². The van der Waals surface area contributed by atoms with Crippen molar-refractivity contribution in [2.75, 3.05) is 13.2 Å². The van der Waals surface area contributed by atoms with Crippen LogP contribution in [-0.2, 0) is 36.7 Å². The monoisotopic (exact) mass is 723 g/mol. The van der Waals surface area contributed by atoms with Crippen molar-refractivity contribution in [2.45, 2.75) is 55.8 Å². The van der Waals surface area contributed by atoms with Crippen molar-refractivity contribution < 1.29 is 39.2 Å². The lowest BCUT2D eigenvalue weighted by Gasteiger charge is -2.31. The van der Waals surface area contributed by atoms with Gasteiger partial charge in [0.15, 0.2) is 12.2 Å². The number of aryl methyl sites for hydroxylation is 1. The van der Waals surface area contributed by atoms with Gasteiger partial charge < -0.3 is 30.1 Å². The summed E-state index contributed by atoms with van der Waals surface area (Å²) in [6, 6.07) is 15.8. The molecular weight excluding hydrogens is 690 g/mol. The molecule has 11 nitrogen and oxygen atoms in total. The van der Waals surface area contributed by atoms with Gasteiger partial charge in [0.1, 0.15) is 12.2 Å². The predicted octanol–water partition coefficient (Wildman–Crippen LogP) is 1.85. The maximum atomic E-state index is 13.4. The Labute approximate surface area is 266 Å². The predicted molar refractivity (Wildman–Crippen MR) is 166 cm³/mol. The molecule has 0 unspecified atom stereocenters. The van der Waals surface area contributed by atoms with E-state index >= 15 is 0 Å². The summed E-state index contributed by atoms with van der Waals surface area (Å²) in [6.07, 6.45) is -4.32. The molecule has 0 saturated heterocycles. The van der Waals surface area contributed by atoms with Crippen LogP contribution < -0.4 is 16.2 Å². The molecule has 0 heterocycles. The first-order valence-electron chi connectivity index (χ1n) is 13.6. The van der Waals surface area contributed by atoms with Crippen LogP contribution in [0.3, 0.4) is 0 Å². The Balaban J connectivity index is 1.70. The van der Waals surface area contributed by atoms with Crippen LogP contribution in [0.15, 0.2) is 76.7 Å². The van der Waals surface area contributed by atoms with Crippen molar-refractivity contribution in [1.29, 1.82) is 0 Å². The van der Waals surface area contributed by atoms with E-state index in [-0.39, 0.29) is 19.6 Å². The van der Waals surface area contributed by atoms with E-state index < -0.39 is 54.3 Å². The number of hydrogen-bond donors (Lipinski definition) is 6. The second-order valence-corrected chi connectivity index (χ2v) is 10.7. The smallest absolute Gasteiger partial charge is 0.270 e. The number of aliphatic hydroxyl groups is 3. The number of hydrogen-bond acceptors (Lipinski definition) is 8. The molecule has 2 aromatic carbocycles. The van der Waals surface area contributed by atoms with E-state index in [1.165, 1.54) is 22.1 Å². The average Bonchev–Trinajstić information content (AvgIpc) is 3.33. The van der Waals surface area contributed by atoms with E-state index in [9.17, 15) is 29.7 Å². The number of fused-ring (bicyclic) bond motifs is 1. The highest BCUT2D eigenvalue weighted by atomic mass is 79.9. The fourth-order valence-electron chi connectivity index (χ4n) is 4.56. The number of carbonyl (C=O) groups is 3. The van der Waals surface area contributed by atoms with Crippen LogP contribution in [0.4, 0.5) is 0 Å². The number of nitrogens with one attached hydrogen (secondary N) is 3. The summed E-state index contributed by atoms with van der Waals surface area (Å²) in [6.45, 7) is -0.275. The van der Waals surface area contributed by atoms with Gasteiger partial charge in [-0.1, -0.05) is 98.6 Å². The van der Waals surface area contributed by atoms with E-state index in [1.54, 1.807) is 12.1 Å². The van der Waals surface area contributed by atoms with Crippen LogP contribution in [-0.4, -0.2) is 76.8 Å². The molecule has 13 heteroatoms. The third-order valence-corrected chi connectivity index (χ3v) is 7.47. The Morgan fingerprint density at radius 3 is 2.07 bits per heavy atom. The van der Waals surface area contributed by atoms with Gasteiger partial charge in [0, 0.05) is 12.8 Å². The Bertz CT molecular complexity index is 1260. The largest absolute Gasteiger partial charge is 0.390 e. The van der Waals surface area contributed by atoms with Gasteiger partial charge in [0.25, 0.3) is 11.8 Å². The van der Waals surface area contributed by atoms with Crippen LogP contribution in [0.5, 0.6) is 0 Å². The van der Waals surface area contributed by atoms with Crippen molar-refractivity contribution in [2.24, 2.45) is 0 Å². The number of halogens is 2. The normalized spacial score (nSPS) is 19.0. The number of ether oxygens (including phenoxy) is 2. The Kier molecular flexibility index (Phi) is 14.5. The third kappa shape index (κ3) is 10.3. The summed E-state index contributed by atoms with van der Waals surface area (Å²) in [4.78, 5) is 41.7. The molecule has 1 aliphatic carbocycles. The number of aliphatic hydroxyl groups excluding tert-OH is 3. The molecule has 3 rings (SSSR count). The molecule has 0 aromatic heterocycles. The van der Waals surface area contributed by atoms with E-state index in [4.69, 9.17) is 9.47 Å². The van der Waals surface area contributed by atoms with Crippen molar-refractivity contribution in [1.82, 2.24) is 16.2 Å². The number of rotatable bonds is 15. The molecule has 0 radical (unpaired) electrons. The van der Waals surface area contributed by atoms with Crippen LogP contribution in [0.1, 0.15) is 29.2 Å². The lowest BCUT2D eigenvalue weighted by atomic mass is 10.0. The maximum Gasteiger partial charge on any atom is 0.270 e. The van der Waals surface area contributed by atoms with Gasteiger partial charge in [0.2, 0.25) is 5.91 Å². The van der Waals surface area contributed by atoms with Gasteiger partial charge in [0.05, 0.1) is 25.4 Å². The lowest BCUT2D eigenvalue weighted by molar-refractivity contribution is -0.166. The second kappa shape index (κ2) is 18.0. The minimum atomic E-state index is -1.96. The van der Waals surface area contributed by atoms with E-state index in [2.05, 4.69) is 48.0 Å². The molecule has 1 aliphatic rings. The average molecular weight is 725 g/mol. The van der Waals surface area contributed by atoms with Gasteiger partial charge in [-0.25, -0.2) is 0 Å². The molecule has 0 spiro atoms. The summed E-state index contributed by atoms with van der Waals surface area (Å²) >= 11 is 6.20. The fraction of sp³-hybridized carbons (Fsp3) is 0.367. The molecule has 232 valence electrons. The zero-order valence-electron chi connectivity index (χ0n) is 23.1. The molecule has 43 heavy (non-hydrogen) atoms. The first-order chi connectivity index (χ1) is 20.8. The number of amides is 3. The minimum Gasteiger partial charge on any atom is -0.390 e. The topological polar surface area (TPSA) is 166 Å². The van der Waals surface area contributed by atoms with Gasteiger partial charge in [-0.3, -0.25) is 25.2 Å². The number of hydrazine groups is 1. The van der Waals surface area contributed by atoms with Crippen molar-refractivity contribution in [3.05, 3.63) is 93.4 Å². The summed E-state index contributed by atoms with van der Waals surface area (Å²) in [5.41, 5.74) is 7.04. The zero-order valence-corrected chi connectivity index (χ0v) is 26.3. The lowest BCUT2D eigenvalue weighted by Crippen LogP contribution is -2.58. The Morgan fingerprint density at radius 2 is 1.44 bits per heavy atom. The van der Waals surface area contributed by atoms with E-state index in [0.29, 0.717) is 12.8 Å². The minimum absolute atomic E-state index is 0.0840. The Morgan fingerprint density at radius 1 is 0.860 bits per heavy atom. The van der Waals surface area contributed by atoms with Crippen LogP contribution in [0.2, 0.25) is 0 Å². The number of carbonyl (C=O) groups excluding carboxylic acids is 3. The van der Waals surface area contributed by atoms with E-state index in [1.807, 2.05) is 42.5 Å². The molecule has 6 atom stereocenters. The molecule has 2 aromatic rings. The summed E-state index contributed by atoms with van der Waals surface area (Å²) < 4.78 is 11.1. The molecule has 0 aliphatic heterocycles. The molecule has 3 amide bonds. The van der Waals surface area contributed by atoms with Crippen LogP contribution >= 0.6 is 31.9 Å². The summed E-state index contributed by atoms with van der Waals surface area (Å²) in [5, 5.41) is 35.5. The maximum absolute atomic E-state index is 13.4. The third-order valence-electron chi connectivity index (χ3n) is 6.72. The fourth-order valence-corrected chi connectivity index (χ4v) is 4.86. The van der Waals surface area contributed by atoms with Gasteiger partial charge >= 0.3 is 0 Å².